The van der Waals surface area contributed by atoms with Crippen molar-refractivity contribution in [3.63, 3.8) is 0 Å². The summed E-state index contributed by atoms with van der Waals surface area (Å²) in [6.07, 6.45) is 5.94. The van der Waals surface area contributed by atoms with Gasteiger partial charge in [0.15, 0.2) is 0 Å². The highest BCUT2D eigenvalue weighted by molar-refractivity contribution is 6.13. The van der Waals surface area contributed by atoms with Crippen LogP contribution in [0.3, 0.4) is 0 Å². The van der Waals surface area contributed by atoms with Crippen molar-refractivity contribution in [1.29, 1.82) is 0 Å². The fourth-order valence-corrected chi connectivity index (χ4v) is 7.27. The zero-order valence-corrected chi connectivity index (χ0v) is 35.1. The van der Waals surface area contributed by atoms with Crippen LogP contribution < -0.4 is 0 Å². The van der Waals surface area contributed by atoms with Crippen molar-refractivity contribution >= 4 is 45.2 Å². The van der Waals surface area contributed by atoms with Crippen molar-refractivity contribution < 1.29 is 19.3 Å². The largest absolute Gasteiger partial charge is 0.342 e. The summed E-state index contributed by atoms with van der Waals surface area (Å²) in [5.74, 6) is -0.681. The lowest BCUT2D eigenvalue weighted by Gasteiger charge is -2.08. The Morgan fingerprint density at radius 3 is 1.49 bits per heavy atom. The molecule has 0 aliphatic heterocycles. The van der Waals surface area contributed by atoms with Crippen LogP contribution in [0, 0.1) is 13.8 Å². The molecule has 8 rings (SSSR count). The van der Waals surface area contributed by atoms with Crippen LogP contribution in [0.5, 0.6) is 0 Å². The highest BCUT2D eigenvalue weighted by Gasteiger charge is 2.19. The first-order valence-electron chi connectivity index (χ1n) is 20.7. The molecule has 306 valence electrons. The minimum Gasteiger partial charge on any atom is -0.342 e. The standard InChI is InChI=1S/C27H26N2O2.C26H24N2O2/c1-3-27(30)31-28-25(17-22-14-8-7-11-20(22)2)24-19-29(18-21-12-5-4-6-13-21)26-16-10-9-15-23(24)26;1-3-26(29)30-27-24(17-20-12-8-7-11-19(20)2)23-18-28(21-13-5-4-6-14-21)25-16-10-9-15-22(23)25/h4-16,19H,3,17-18H2,1-2H3;4-16,18H,3,17H2,1-2H3/b28-25+;27-24+. The van der Waals surface area contributed by atoms with E-state index in [1.165, 1.54) is 16.7 Å². The predicted molar refractivity (Wildman–Crippen MR) is 246 cm³/mol. The molecule has 0 bridgehead atoms. The summed E-state index contributed by atoms with van der Waals surface area (Å²) in [7, 11) is 0. The van der Waals surface area contributed by atoms with Crippen LogP contribution in [-0.4, -0.2) is 32.5 Å². The third-order valence-electron chi connectivity index (χ3n) is 10.7. The van der Waals surface area contributed by atoms with Crippen molar-refractivity contribution in [1.82, 2.24) is 9.13 Å². The number of rotatable bonds is 13. The molecule has 6 aromatic carbocycles. The third kappa shape index (κ3) is 10.3. The minimum absolute atomic E-state index is 0.285. The van der Waals surface area contributed by atoms with Crippen LogP contribution in [0.15, 0.2) is 180 Å². The maximum Gasteiger partial charge on any atom is 0.334 e. The molecule has 0 amide bonds. The molecule has 2 heterocycles. The van der Waals surface area contributed by atoms with E-state index in [9.17, 15) is 9.59 Å². The number of hydrogen-bond acceptors (Lipinski definition) is 6. The van der Waals surface area contributed by atoms with Crippen molar-refractivity contribution in [2.45, 2.75) is 59.9 Å². The van der Waals surface area contributed by atoms with E-state index in [1.54, 1.807) is 13.8 Å². The van der Waals surface area contributed by atoms with E-state index >= 15 is 0 Å². The summed E-state index contributed by atoms with van der Waals surface area (Å²) < 4.78 is 4.38. The molecule has 0 aliphatic rings. The number of oxime groups is 2. The molecule has 0 atom stereocenters. The molecule has 0 radical (unpaired) electrons. The fraction of sp³-hybridized carbons (Fsp3) is 0.170. The first-order chi connectivity index (χ1) is 29.8. The Kier molecular flexibility index (Phi) is 13.8. The second kappa shape index (κ2) is 20.1. The molecule has 0 saturated heterocycles. The van der Waals surface area contributed by atoms with E-state index in [4.69, 9.17) is 9.68 Å². The number of carbonyl (C=O) groups is 2. The SMILES string of the molecule is CCC(=O)O/N=C(\Cc1ccccc1C)c1cn(-c2ccccc2)c2ccccc12.CCC(=O)O/N=C(\Cc1ccccc1C)c1cn(Cc2ccccc2)c2ccccc12. The van der Waals surface area contributed by atoms with Crippen LogP contribution in [0.25, 0.3) is 27.5 Å². The van der Waals surface area contributed by atoms with Gasteiger partial charge < -0.3 is 18.8 Å². The van der Waals surface area contributed by atoms with E-state index in [0.717, 1.165) is 67.7 Å². The summed E-state index contributed by atoms with van der Waals surface area (Å²) in [4.78, 5) is 34.1. The van der Waals surface area contributed by atoms with Gasteiger partial charge in [0.25, 0.3) is 0 Å². The number of benzene rings is 6. The van der Waals surface area contributed by atoms with Gasteiger partial charge in [-0.15, -0.1) is 0 Å². The molecule has 8 aromatic rings. The van der Waals surface area contributed by atoms with Crippen molar-refractivity contribution in [3.05, 3.63) is 209 Å². The monoisotopic (exact) mass is 806 g/mol. The van der Waals surface area contributed by atoms with E-state index in [2.05, 4.69) is 131 Å². The van der Waals surface area contributed by atoms with Crippen LogP contribution in [0.1, 0.15) is 65.6 Å². The van der Waals surface area contributed by atoms with E-state index in [0.29, 0.717) is 12.8 Å². The second-order valence-corrected chi connectivity index (χ2v) is 14.9. The highest BCUT2D eigenvalue weighted by atomic mass is 16.7. The molecule has 0 saturated carbocycles. The summed E-state index contributed by atoms with van der Waals surface area (Å²) in [5.41, 5.74) is 12.6. The van der Waals surface area contributed by atoms with Crippen molar-refractivity contribution in [3.8, 4) is 5.69 Å². The molecule has 0 fully saturated rings. The fourth-order valence-electron chi connectivity index (χ4n) is 7.27. The van der Waals surface area contributed by atoms with Gasteiger partial charge in [-0.1, -0.05) is 158 Å². The van der Waals surface area contributed by atoms with Crippen LogP contribution in [0.2, 0.25) is 0 Å². The van der Waals surface area contributed by atoms with Crippen molar-refractivity contribution in [2.24, 2.45) is 10.3 Å². The van der Waals surface area contributed by atoms with E-state index < -0.39 is 0 Å². The van der Waals surface area contributed by atoms with Gasteiger partial charge in [0.2, 0.25) is 0 Å². The summed E-state index contributed by atoms with van der Waals surface area (Å²) in [6, 6.07) is 53.5. The summed E-state index contributed by atoms with van der Waals surface area (Å²) >= 11 is 0. The van der Waals surface area contributed by atoms with Crippen molar-refractivity contribution in [2.75, 3.05) is 0 Å². The van der Waals surface area contributed by atoms with Gasteiger partial charge in [-0.25, -0.2) is 9.59 Å². The Balaban J connectivity index is 0.000000184. The van der Waals surface area contributed by atoms with Gasteiger partial charge in [-0.05, 0) is 65.9 Å². The van der Waals surface area contributed by atoms with Gasteiger partial charge >= 0.3 is 11.9 Å². The summed E-state index contributed by atoms with van der Waals surface area (Å²) in [5, 5.41) is 10.8. The molecule has 0 N–H and O–H groups in total. The van der Waals surface area contributed by atoms with E-state index in [1.807, 2.05) is 72.8 Å². The maximum absolute atomic E-state index is 11.8. The number of aryl methyl sites for hydroxylation is 2. The first kappa shape index (κ1) is 41.8. The third-order valence-corrected chi connectivity index (χ3v) is 10.7. The highest BCUT2D eigenvalue weighted by Crippen LogP contribution is 2.28. The Morgan fingerprint density at radius 1 is 0.508 bits per heavy atom. The predicted octanol–water partition coefficient (Wildman–Crippen LogP) is 11.7. The van der Waals surface area contributed by atoms with Crippen LogP contribution >= 0.6 is 0 Å². The van der Waals surface area contributed by atoms with Gasteiger partial charge in [0, 0.05) is 77.7 Å². The number of hydrogen-bond donors (Lipinski definition) is 0. The molecular formula is C53H50N4O4. The average Bonchev–Trinajstić information content (AvgIpc) is 3.87. The quantitative estimate of drug-likeness (QED) is 0.0659. The Morgan fingerprint density at radius 2 is 0.951 bits per heavy atom. The number of fused-ring (bicyclic) bond motifs is 2. The molecule has 8 heteroatoms. The summed E-state index contributed by atoms with van der Waals surface area (Å²) in [6.45, 7) is 8.46. The number of nitrogens with zero attached hydrogens (tertiary/aromatic N) is 4. The number of para-hydroxylation sites is 3. The Bertz CT molecular complexity index is 2820. The van der Waals surface area contributed by atoms with Gasteiger partial charge in [0.1, 0.15) is 0 Å². The average molecular weight is 807 g/mol. The lowest BCUT2D eigenvalue weighted by Crippen LogP contribution is -2.09. The molecule has 0 unspecified atom stereocenters. The zero-order chi connectivity index (χ0) is 42.6. The molecule has 8 nitrogen and oxygen atoms in total. The van der Waals surface area contributed by atoms with Gasteiger partial charge in [0.05, 0.1) is 16.9 Å². The smallest absolute Gasteiger partial charge is 0.334 e. The topological polar surface area (TPSA) is 87.2 Å². The second-order valence-electron chi connectivity index (χ2n) is 14.9. The van der Waals surface area contributed by atoms with Crippen LogP contribution in [-0.2, 0) is 38.7 Å². The molecule has 0 aliphatic carbocycles. The molecule has 61 heavy (non-hydrogen) atoms. The Hall–Kier alpha value is -7.32. The number of aromatic nitrogens is 2. The minimum atomic E-state index is -0.343. The first-order valence-corrected chi connectivity index (χ1v) is 20.7. The lowest BCUT2D eigenvalue weighted by atomic mass is 9.98. The zero-order valence-electron chi connectivity index (χ0n) is 35.1. The molecule has 0 spiro atoms. The number of carbonyl (C=O) groups excluding carboxylic acids is 2. The van der Waals surface area contributed by atoms with E-state index in [-0.39, 0.29) is 24.8 Å². The maximum atomic E-state index is 11.8. The normalized spacial score (nSPS) is 11.6. The lowest BCUT2D eigenvalue weighted by molar-refractivity contribution is -0.144. The van der Waals surface area contributed by atoms with Gasteiger partial charge in [-0.3, -0.25) is 0 Å². The molecule has 2 aromatic heterocycles. The molecular weight excluding hydrogens is 757 g/mol. The Labute approximate surface area is 357 Å². The van der Waals surface area contributed by atoms with Gasteiger partial charge in [-0.2, -0.15) is 0 Å². The van der Waals surface area contributed by atoms with Crippen LogP contribution in [0.4, 0.5) is 0 Å².